The van der Waals surface area contributed by atoms with E-state index in [0.29, 0.717) is 5.76 Å². The molecule has 25 heavy (non-hydrogen) atoms. The van der Waals surface area contributed by atoms with Gasteiger partial charge in [0.05, 0.1) is 29.1 Å². The highest BCUT2D eigenvalue weighted by Crippen LogP contribution is 2.35. The number of nitrogens with one attached hydrogen (secondary N) is 1. The van der Waals surface area contributed by atoms with Gasteiger partial charge in [0.25, 0.3) is 0 Å². The summed E-state index contributed by atoms with van der Waals surface area (Å²) < 4.78 is 43.7. The van der Waals surface area contributed by atoms with Crippen LogP contribution in [0.3, 0.4) is 0 Å². The van der Waals surface area contributed by atoms with Gasteiger partial charge >= 0.3 is 6.18 Å². The van der Waals surface area contributed by atoms with Crippen LogP contribution < -0.4 is 10.2 Å². The van der Waals surface area contributed by atoms with E-state index in [-0.39, 0.29) is 17.3 Å². The number of furan rings is 1. The molecule has 0 aliphatic rings. The molecule has 0 unspecified atom stereocenters. The Morgan fingerprint density at radius 2 is 2.00 bits per heavy atom. The molecule has 1 aromatic heterocycles. The molecule has 0 fully saturated rings. The Labute approximate surface area is 146 Å². The number of rotatable bonds is 5. The molecule has 0 aliphatic carbocycles. The summed E-state index contributed by atoms with van der Waals surface area (Å²) >= 11 is 5.92. The molecular formula is C16H14ClF3N2O3. The number of halogens is 4. The number of anilines is 1. The zero-order chi connectivity index (χ0) is 18.6. The zero-order valence-corrected chi connectivity index (χ0v) is 13.8. The Kier molecular flexibility index (Phi) is 5.73. The van der Waals surface area contributed by atoms with Gasteiger partial charge in [-0.05, 0) is 30.3 Å². The molecule has 2 amide bonds. The lowest BCUT2D eigenvalue weighted by molar-refractivity contribution is -0.137. The summed E-state index contributed by atoms with van der Waals surface area (Å²) in [4.78, 5) is 24.7. The minimum absolute atomic E-state index is 0.0676. The van der Waals surface area contributed by atoms with Crippen LogP contribution in [-0.4, -0.2) is 18.4 Å². The van der Waals surface area contributed by atoms with Gasteiger partial charge in [-0.25, -0.2) is 0 Å². The molecular weight excluding hydrogens is 361 g/mol. The summed E-state index contributed by atoms with van der Waals surface area (Å²) in [6, 6.07) is 5.87. The van der Waals surface area contributed by atoms with Gasteiger partial charge in [-0.1, -0.05) is 11.6 Å². The normalized spacial score (nSPS) is 11.2. The van der Waals surface area contributed by atoms with E-state index in [1.165, 1.54) is 6.26 Å². The molecule has 1 N–H and O–H groups in total. The molecule has 2 rings (SSSR count). The Morgan fingerprint density at radius 3 is 2.56 bits per heavy atom. The van der Waals surface area contributed by atoms with E-state index >= 15 is 0 Å². The smallest absolute Gasteiger partial charge is 0.416 e. The van der Waals surface area contributed by atoms with E-state index in [9.17, 15) is 22.8 Å². The molecule has 0 bridgehead atoms. The van der Waals surface area contributed by atoms with E-state index < -0.39 is 30.1 Å². The van der Waals surface area contributed by atoms with Crippen molar-refractivity contribution < 1.29 is 27.2 Å². The number of alkyl halides is 3. The SMILES string of the molecule is CC(=O)N(CC(=O)NCc1ccco1)c1cc(C(F)(F)F)ccc1Cl. The highest BCUT2D eigenvalue weighted by molar-refractivity contribution is 6.34. The van der Waals surface area contributed by atoms with Gasteiger partial charge in [0.15, 0.2) is 0 Å². The van der Waals surface area contributed by atoms with Crippen molar-refractivity contribution in [3.8, 4) is 0 Å². The van der Waals surface area contributed by atoms with Gasteiger partial charge < -0.3 is 14.6 Å². The van der Waals surface area contributed by atoms with Crippen molar-refractivity contribution >= 4 is 29.1 Å². The van der Waals surface area contributed by atoms with Crippen LogP contribution in [0.5, 0.6) is 0 Å². The standard InChI is InChI=1S/C16H14ClF3N2O3/c1-10(23)22(9-15(24)21-8-12-3-2-6-25-12)14-7-11(16(18,19)20)4-5-13(14)17/h2-7H,8-9H2,1H3,(H,21,24). The van der Waals surface area contributed by atoms with Gasteiger partial charge in [-0.3, -0.25) is 9.59 Å². The first-order valence-electron chi connectivity index (χ1n) is 7.12. The molecule has 0 saturated heterocycles. The maximum Gasteiger partial charge on any atom is 0.416 e. The zero-order valence-electron chi connectivity index (χ0n) is 13.1. The Hall–Kier alpha value is -2.48. The molecule has 0 aliphatic heterocycles. The third-order valence-corrected chi connectivity index (χ3v) is 3.61. The Bertz CT molecular complexity index is 760. The first kappa shape index (κ1) is 18.9. The van der Waals surface area contributed by atoms with E-state index in [2.05, 4.69) is 5.32 Å². The van der Waals surface area contributed by atoms with E-state index in [1.54, 1.807) is 12.1 Å². The summed E-state index contributed by atoms with van der Waals surface area (Å²) in [7, 11) is 0. The number of hydrogen-bond donors (Lipinski definition) is 1. The second-order valence-electron chi connectivity index (χ2n) is 5.13. The topological polar surface area (TPSA) is 62.6 Å². The van der Waals surface area contributed by atoms with Crippen molar-refractivity contribution in [3.63, 3.8) is 0 Å². The molecule has 1 aromatic carbocycles. The molecule has 0 spiro atoms. The number of carbonyl (C=O) groups is 2. The van der Waals surface area contributed by atoms with Crippen molar-refractivity contribution in [2.45, 2.75) is 19.6 Å². The van der Waals surface area contributed by atoms with Crippen molar-refractivity contribution in [1.29, 1.82) is 0 Å². The van der Waals surface area contributed by atoms with E-state index in [0.717, 1.165) is 30.0 Å². The Morgan fingerprint density at radius 1 is 1.28 bits per heavy atom. The maximum absolute atomic E-state index is 12.9. The minimum atomic E-state index is -4.59. The predicted octanol–water partition coefficient (Wildman–Crippen LogP) is 3.62. The third kappa shape index (κ3) is 4.99. The van der Waals surface area contributed by atoms with Crippen LogP contribution in [0.4, 0.5) is 18.9 Å². The van der Waals surface area contributed by atoms with Gasteiger partial charge in [0.2, 0.25) is 11.8 Å². The summed E-state index contributed by atoms with van der Waals surface area (Å²) in [6.07, 6.45) is -3.16. The second kappa shape index (κ2) is 7.60. The van der Waals surface area contributed by atoms with Crippen molar-refractivity contribution in [2.75, 3.05) is 11.4 Å². The molecule has 1 heterocycles. The summed E-state index contributed by atoms with van der Waals surface area (Å²) in [5.41, 5.74) is -1.15. The molecule has 5 nitrogen and oxygen atoms in total. The average Bonchev–Trinajstić information content (AvgIpc) is 3.03. The van der Waals surface area contributed by atoms with Gasteiger partial charge in [-0.15, -0.1) is 0 Å². The van der Waals surface area contributed by atoms with Crippen molar-refractivity contribution in [2.24, 2.45) is 0 Å². The average molecular weight is 375 g/mol. The number of nitrogens with zero attached hydrogens (tertiary/aromatic N) is 1. The maximum atomic E-state index is 12.9. The fourth-order valence-corrected chi connectivity index (χ4v) is 2.28. The number of carbonyl (C=O) groups excluding carboxylic acids is 2. The molecule has 0 atom stereocenters. The van der Waals surface area contributed by atoms with Crippen LogP contribution in [0, 0.1) is 0 Å². The van der Waals surface area contributed by atoms with Crippen molar-refractivity contribution in [1.82, 2.24) is 5.32 Å². The van der Waals surface area contributed by atoms with Crippen LogP contribution in [0.1, 0.15) is 18.2 Å². The van der Waals surface area contributed by atoms with Gasteiger partial charge in [0.1, 0.15) is 12.3 Å². The van der Waals surface area contributed by atoms with Crippen LogP contribution >= 0.6 is 11.6 Å². The highest BCUT2D eigenvalue weighted by atomic mass is 35.5. The largest absolute Gasteiger partial charge is 0.467 e. The summed E-state index contributed by atoms with van der Waals surface area (Å²) in [5, 5.41) is 2.45. The number of hydrogen-bond acceptors (Lipinski definition) is 3. The fourth-order valence-electron chi connectivity index (χ4n) is 2.06. The van der Waals surface area contributed by atoms with E-state index in [4.69, 9.17) is 16.0 Å². The fraction of sp³-hybridized carbons (Fsp3) is 0.250. The summed E-state index contributed by atoms with van der Waals surface area (Å²) in [5.74, 6) is -0.686. The van der Waals surface area contributed by atoms with Gasteiger partial charge in [0, 0.05) is 6.92 Å². The second-order valence-corrected chi connectivity index (χ2v) is 5.53. The van der Waals surface area contributed by atoms with E-state index in [1.807, 2.05) is 0 Å². The monoisotopic (exact) mass is 374 g/mol. The highest BCUT2D eigenvalue weighted by Gasteiger charge is 2.32. The first-order chi connectivity index (χ1) is 11.7. The number of benzene rings is 1. The van der Waals surface area contributed by atoms with Crippen LogP contribution in [0.15, 0.2) is 41.0 Å². The minimum Gasteiger partial charge on any atom is -0.467 e. The van der Waals surface area contributed by atoms with Gasteiger partial charge in [-0.2, -0.15) is 13.2 Å². The Balaban J connectivity index is 2.17. The van der Waals surface area contributed by atoms with Crippen molar-refractivity contribution in [3.05, 3.63) is 52.9 Å². The lowest BCUT2D eigenvalue weighted by Crippen LogP contribution is -2.39. The quantitative estimate of drug-likeness (QED) is 0.869. The molecule has 0 radical (unpaired) electrons. The molecule has 9 heteroatoms. The van der Waals surface area contributed by atoms with Crippen LogP contribution in [-0.2, 0) is 22.3 Å². The van der Waals surface area contributed by atoms with Crippen LogP contribution in [0.2, 0.25) is 5.02 Å². The number of amides is 2. The molecule has 134 valence electrons. The lowest BCUT2D eigenvalue weighted by atomic mass is 10.1. The third-order valence-electron chi connectivity index (χ3n) is 3.29. The predicted molar refractivity (Wildman–Crippen MR) is 85.0 cm³/mol. The molecule has 0 saturated carbocycles. The summed E-state index contributed by atoms with van der Waals surface area (Å²) in [6.45, 7) is 0.751. The first-order valence-corrected chi connectivity index (χ1v) is 7.50. The lowest BCUT2D eigenvalue weighted by Gasteiger charge is -2.23. The molecule has 2 aromatic rings. The van der Waals surface area contributed by atoms with Crippen LogP contribution in [0.25, 0.3) is 0 Å².